The molecule has 0 saturated carbocycles. The topological polar surface area (TPSA) is 52.7 Å². The van der Waals surface area contributed by atoms with E-state index in [4.69, 9.17) is 0 Å². The van der Waals surface area contributed by atoms with Gasteiger partial charge < -0.3 is 15.1 Å². The molecule has 0 bridgehead atoms. The van der Waals surface area contributed by atoms with Gasteiger partial charge in [0, 0.05) is 46.2 Å². The number of carbonyl (C=O) groups is 2. The van der Waals surface area contributed by atoms with Gasteiger partial charge in [0.2, 0.25) is 11.8 Å². The zero-order valence-electron chi connectivity index (χ0n) is 12.3. The summed E-state index contributed by atoms with van der Waals surface area (Å²) in [6.07, 6.45) is 3.37. The minimum atomic E-state index is 0.198. The van der Waals surface area contributed by atoms with Crippen molar-refractivity contribution >= 4 is 11.8 Å². The van der Waals surface area contributed by atoms with Gasteiger partial charge in [0.1, 0.15) is 0 Å². The van der Waals surface area contributed by atoms with Crippen LogP contribution in [-0.2, 0) is 9.59 Å². The van der Waals surface area contributed by atoms with Gasteiger partial charge >= 0.3 is 0 Å². The van der Waals surface area contributed by atoms with Crippen LogP contribution in [0.1, 0.15) is 26.2 Å². The van der Waals surface area contributed by atoms with Gasteiger partial charge in [0.25, 0.3) is 0 Å². The number of hydrogen-bond acceptors (Lipinski definition) is 3. The van der Waals surface area contributed by atoms with Crippen LogP contribution in [0.2, 0.25) is 0 Å². The van der Waals surface area contributed by atoms with Crippen molar-refractivity contribution in [3.63, 3.8) is 0 Å². The molecule has 0 aromatic heterocycles. The molecule has 5 nitrogen and oxygen atoms in total. The van der Waals surface area contributed by atoms with E-state index >= 15 is 0 Å². The summed E-state index contributed by atoms with van der Waals surface area (Å²) in [5.41, 5.74) is 0. The summed E-state index contributed by atoms with van der Waals surface area (Å²) in [6.45, 7) is 7.05. The summed E-state index contributed by atoms with van der Waals surface area (Å²) < 4.78 is 0. The molecule has 0 spiro atoms. The van der Waals surface area contributed by atoms with Crippen molar-refractivity contribution in [1.29, 1.82) is 0 Å². The minimum absolute atomic E-state index is 0.198. The third-order valence-corrected chi connectivity index (χ3v) is 5.32. The predicted octanol–water partition coefficient (Wildman–Crippen LogP) is 0.313. The van der Waals surface area contributed by atoms with E-state index in [1.807, 2.05) is 4.90 Å². The van der Waals surface area contributed by atoms with Crippen LogP contribution in [0, 0.1) is 17.8 Å². The summed E-state index contributed by atoms with van der Waals surface area (Å²) >= 11 is 0. The fourth-order valence-electron chi connectivity index (χ4n) is 3.78. The monoisotopic (exact) mass is 279 g/mol. The molecule has 5 heteroatoms. The summed E-state index contributed by atoms with van der Waals surface area (Å²) in [4.78, 5) is 27.6. The maximum absolute atomic E-state index is 12.2. The first kappa shape index (κ1) is 13.9. The minimum Gasteiger partial charge on any atom is -0.343 e. The van der Waals surface area contributed by atoms with Crippen LogP contribution in [0.5, 0.6) is 0 Å². The maximum atomic E-state index is 12.2. The van der Waals surface area contributed by atoms with Gasteiger partial charge in [0.15, 0.2) is 0 Å². The molecule has 3 fully saturated rings. The molecule has 0 aromatic carbocycles. The Kier molecular flexibility index (Phi) is 3.96. The van der Waals surface area contributed by atoms with Crippen molar-refractivity contribution in [3.8, 4) is 0 Å². The van der Waals surface area contributed by atoms with Gasteiger partial charge in [-0.1, -0.05) is 0 Å². The van der Waals surface area contributed by atoms with Gasteiger partial charge in [-0.15, -0.1) is 0 Å². The number of carbonyl (C=O) groups excluding carboxylic acids is 2. The molecule has 0 radical (unpaired) electrons. The molecule has 3 aliphatic rings. The molecule has 0 aromatic rings. The third-order valence-electron chi connectivity index (χ3n) is 5.32. The highest BCUT2D eigenvalue weighted by molar-refractivity contribution is 5.80. The van der Waals surface area contributed by atoms with Crippen molar-refractivity contribution in [2.24, 2.45) is 17.8 Å². The number of likely N-dealkylation sites (tertiary alicyclic amines) is 2. The summed E-state index contributed by atoms with van der Waals surface area (Å²) in [7, 11) is 0. The molecular weight excluding hydrogens is 254 g/mol. The Hall–Kier alpha value is -1.10. The zero-order chi connectivity index (χ0) is 14.1. The third kappa shape index (κ3) is 2.68. The van der Waals surface area contributed by atoms with E-state index in [9.17, 15) is 9.59 Å². The van der Waals surface area contributed by atoms with E-state index in [0.717, 1.165) is 58.5 Å². The van der Waals surface area contributed by atoms with Crippen LogP contribution >= 0.6 is 0 Å². The highest BCUT2D eigenvalue weighted by Gasteiger charge is 2.37. The molecule has 3 heterocycles. The second-order valence-electron chi connectivity index (χ2n) is 6.53. The molecule has 1 atom stereocenters. The second-order valence-corrected chi connectivity index (χ2v) is 6.53. The molecule has 2 amide bonds. The highest BCUT2D eigenvalue weighted by Crippen LogP contribution is 2.32. The summed E-state index contributed by atoms with van der Waals surface area (Å²) in [5, 5.41) is 3.17. The average Bonchev–Trinajstić information content (AvgIpc) is 2.86. The molecule has 112 valence electrons. The molecule has 1 unspecified atom stereocenters. The van der Waals surface area contributed by atoms with E-state index < -0.39 is 0 Å². The Balaban J connectivity index is 1.48. The summed E-state index contributed by atoms with van der Waals surface area (Å²) in [5.74, 6) is 2.13. The van der Waals surface area contributed by atoms with Gasteiger partial charge in [-0.3, -0.25) is 9.59 Å². The Morgan fingerprint density at radius 3 is 2.10 bits per heavy atom. The normalized spacial score (nSPS) is 28.6. The van der Waals surface area contributed by atoms with Crippen LogP contribution < -0.4 is 5.32 Å². The van der Waals surface area contributed by atoms with E-state index in [-0.39, 0.29) is 11.8 Å². The number of nitrogens with one attached hydrogen (secondary N) is 1. The number of piperidine rings is 1. The van der Waals surface area contributed by atoms with Gasteiger partial charge in [-0.2, -0.15) is 0 Å². The van der Waals surface area contributed by atoms with Crippen molar-refractivity contribution in [3.05, 3.63) is 0 Å². The van der Waals surface area contributed by atoms with Gasteiger partial charge in [-0.25, -0.2) is 0 Å². The Morgan fingerprint density at radius 2 is 1.55 bits per heavy atom. The largest absolute Gasteiger partial charge is 0.343 e. The Labute approximate surface area is 120 Å². The number of amides is 2. The van der Waals surface area contributed by atoms with Crippen LogP contribution in [0.15, 0.2) is 0 Å². The number of rotatable bonds is 2. The molecule has 3 saturated heterocycles. The molecule has 20 heavy (non-hydrogen) atoms. The quantitative estimate of drug-likeness (QED) is 0.792. The van der Waals surface area contributed by atoms with Crippen molar-refractivity contribution in [1.82, 2.24) is 15.1 Å². The predicted molar refractivity (Wildman–Crippen MR) is 76.0 cm³/mol. The maximum Gasteiger partial charge on any atom is 0.228 e. The molecule has 0 aliphatic carbocycles. The van der Waals surface area contributed by atoms with Gasteiger partial charge in [0.05, 0.1) is 5.92 Å². The Bertz CT molecular complexity index is 387. The molecular formula is C15H25N3O2. The first-order chi connectivity index (χ1) is 9.65. The first-order valence-corrected chi connectivity index (χ1v) is 7.90. The SMILES string of the molecule is CC(=O)N1CCC(C2CCN(C(=O)C3CNC3)C2)CC1. The van der Waals surface area contributed by atoms with Crippen LogP contribution in [0.25, 0.3) is 0 Å². The second kappa shape index (κ2) is 5.72. The van der Waals surface area contributed by atoms with Crippen molar-refractivity contribution < 1.29 is 9.59 Å². The lowest BCUT2D eigenvalue weighted by molar-refractivity contribution is -0.136. The Morgan fingerprint density at radius 1 is 0.950 bits per heavy atom. The smallest absolute Gasteiger partial charge is 0.228 e. The lowest BCUT2D eigenvalue weighted by Gasteiger charge is -2.35. The zero-order valence-corrected chi connectivity index (χ0v) is 12.3. The number of hydrogen-bond donors (Lipinski definition) is 1. The molecule has 3 aliphatic heterocycles. The van der Waals surface area contributed by atoms with Crippen molar-refractivity contribution in [2.75, 3.05) is 39.3 Å². The fourth-order valence-corrected chi connectivity index (χ4v) is 3.78. The van der Waals surface area contributed by atoms with E-state index in [1.165, 1.54) is 0 Å². The number of nitrogens with zero attached hydrogens (tertiary/aromatic N) is 2. The molecule has 1 N–H and O–H groups in total. The first-order valence-electron chi connectivity index (χ1n) is 7.90. The molecule has 3 rings (SSSR count). The fraction of sp³-hybridized carbons (Fsp3) is 0.867. The van der Waals surface area contributed by atoms with E-state index in [2.05, 4.69) is 10.2 Å². The average molecular weight is 279 g/mol. The lowest BCUT2D eigenvalue weighted by Crippen LogP contribution is -2.51. The standard InChI is InChI=1S/C15H25N3O2/c1-11(19)17-5-2-12(3-6-17)13-4-7-18(10-13)15(20)14-8-16-9-14/h12-14,16H,2-10H2,1H3. The summed E-state index contributed by atoms with van der Waals surface area (Å²) in [6, 6.07) is 0. The van der Waals surface area contributed by atoms with Crippen LogP contribution in [0.3, 0.4) is 0 Å². The van der Waals surface area contributed by atoms with E-state index in [1.54, 1.807) is 6.92 Å². The van der Waals surface area contributed by atoms with Gasteiger partial charge in [-0.05, 0) is 31.1 Å². The van der Waals surface area contributed by atoms with E-state index in [0.29, 0.717) is 17.7 Å². The lowest BCUT2D eigenvalue weighted by atomic mass is 9.84. The van der Waals surface area contributed by atoms with Crippen LogP contribution in [0.4, 0.5) is 0 Å². The van der Waals surface area contributed by atoms with Crippen molar-refractivity contribution in [2.45, 2.75) is 26.2 Å². The highest BCUT2D eigenvalue weighted by atomic mass is 16.2. The van der Waals surface area contributed by atoms with Crippen LogP contribution in [-0.4, -0.2) is 60.9 Å².